The molecule has 0 saturated carbocycles. The molecule has 2 amide bonds. The first kappa shape index (κ1) is 19.0. The lowest BCUT2D eigenvalue weighted by molar-refractivity contribution is -0.131. The van der Waals surface area contributed by atoms with Crippen molar-refractivity contribution in [2.75, 3.05) is 45.8 Å². The van der Waals surface area contributed by atoms with Crippen LogP contribution in [0.1, 0.15) is 18.4 Å². The SMILES string of the molecule is Cn1ccc(/C=C/C(=O)N2CC3=C(C2)CN(C(=O)CN2CCC(O)CC2)C3)c1. The van der Waals surface area contributed by atoms with Crippen molar-refractivity contribution < 1.29 is 14.7 Å². The third-order valence-corrected chi connectivity index (χ3v) is 5.88. The summed E-state index contributed by atoms with van der Waals surface area (Å²) in [6.07, 6.45) is 8.67. The molecule has 0 spiro atoms. The van der Waals surface area contributed by atoms with E-state index in [1.54, 1.807) is 6.08 Å². The summed E-state index contributed by atoms with van der Waals surface area (Å²) in [5.74, 6) is 0.163. The predicted octanol–water partition coefficient (Wildman–Crippen LogP) is 0.476. The van der Waals surface area contributed by atoms with Gasteiger partial charge in [-0.15, -0.1) is 0 Å². The summed E-state index contributed by atoms with van der Waals surface area (Å²) in [4.78, 5) is 30.9. The summed E-state index contributed by atoms with van der Waals surface area (Å²) >= 11 is 0. The van der Waals surface area contributed by atoms with E-state index in [1.165, 1.54) is 11.1 Å². The first-order valence-corrected chi connectivity index (χ1v) is 9.95. The number of hydrogen-bond acceptors (Lipinski definition) is 4. The van der Waals surface area contributed by atoms with Crippen molar-refractivity contribution >= 4 is 17.9 Å². The monoisotopic (exact) mass is 384 g/mol. The van der Waals surface area contributed by atoms with Crippen LogP contribution >= 0.6 is 0 Å². The van der Waals surface area contributed by atoms with Crippen molar-refractivity contribution in [2.24, 2.45) is 7.05 Å². The van der Waals surface area contributed by atoms with Gasteiger partial charge in [-0.2, -0.15) is 0 Å². The summed E-state index contributed by atoms with van der Waals surface area (Å²) in [7, 11) is 1.95. The number of carbonyl (C=O) groups is 2. The van der Waals surface area contributed by atoms with Gasteiger partial charge in [0, 0.05) is 64.8 Å². The maximum Gasteiger partial charge on any atom is 0.247 e. The summed E-state index contributed by atoms with van der Waals surface area (Å²) in [5, 5.41) is 9.59. The fraction of sp³-hybridized carbons (Fsp3) is 0.524. The van der Waals surface area contributed by atoms with Gasteiger partial charge < -0.3 is 19.5 Å². The Bertz CT molecular complexity index is 799. The molecule has 1 saturated heterocycles. The van der Waals surface area contributed by atoms with E-state index in [2.05, 4.69) is 4.90 Å². The predicted molar refractivity (Wildman–Crippen MR) is 106 cm³/mol. The van der Waals surface area contributed by atoms with Gasteiger partial charge in [-0.3, -0.25) is 14.5 Å². The Morgan fingerprint density at radius 2 is 1.75 bits per heavy atom. The van der Waals surface area contributed by atoms with Gasteiger partial charge in [0.2, 0.25) is 11.8 Å². The van der Waals surface area contributed by atoms with Crippen molar-refractivity contribution in [1.29, 1.82) is 0 Å². The smallest absolute Gasteiger partial charge is 0.247 e. The van der Waals surface area contributed by atoms with Crippen LogP contribution in [0.4, 0.5) is 0 Å². The number of piperidine rings is 1. The Balaban J connectivity index is 1.25. The first-order valence-electron chi connectivity index (χ1n) is 9.95. The molecule has 1 aromatic heterocycles. The summed E-state index contributed by atoms with van der Waals surface area (Å²) < 4.78 is 1.95. The van der Waals surface area contributed by atoms with Crippen LogP contribution in [0.15, 0.2) is 35.7 Å². The van der Waals surface area contributed by atoms with Gasteiger partial charge in [0.05, 0.1) is 12.6 Å². The fourth-order valence-electron chi connectivity index (χ4n) is 4.18. The lowest BCUT2D eigenvalue weighted by atomic mass is 10.1. The topological polar surface area (TPSA) is 69.0 Å². The zero-order chi connectivity index (χ0) is 19.7. The van der Waals surface area contributed by atoms with Crippen LogP contribution in [0.25, 0.3) is 6.08 Å². The number of aromatic nitrogens is 1. The van der Waals surface area contributed by atoms with Crippen LogP contribution in [0.3, 0.4) is 0 Å². The second-order valence-corrected chi connectivity index (χ2v) is 8.10. The highest BCUT2D eigenvalue weighted by Crippen LogP contribution is 2.26. The minimum atomic E-state index is -0.219. The maximum absolute atomic E-state index is 12.6. The van der Waals surface area contributed by atoms with Crippen molar-refractivity contribution in [3.63, 3.8) is 0 Å². The summed E-state index contributed by atoms with van der Waals surface area (Å²) in [6, 6.07) is 1.97. The van der Waals surface area contributed by atoms with Gasteiger partial charge >= 0.3 is 0 Å². The normalized spacial score (nSPS) is 21.2. The molecule has 0 unspecified atom stereocenters. The van der Waals surface area contributed by atoms with Crippen LogP contribution in [0.5, 0.6) is 0 Å². The molecule has 7 heteroatoms. The Labute approximate surface area is 165 Å². The lowest BCUT2D eigenvalue weighted by Crippen LogP contribution is -2.44. The molecule has 4 rings (SSSR count). The zero-order valence-electron chi connectivity index (χ0n) is 16.4. The second-order valence-electron chi connectivity index (χ2n) is 8.10. The Morgan fingerprint density at radius 1 is 1.11 bits per heavy atom. The molecule has 4 heterocycles. The van der Waals surface area contributed by atoms with Gasteiger partial charge in [0.15, 0.2) is 0 Å². The number of aliphatic hydroxyl groups excluding tert-OH is 1. The third kappa shape index (κ3) is 4.20. The van der Waals surface area contributed by atoms with Gasteiger partial charge in [-0.25, -0.2) is 0 Å². The molecule has 0 aliphatic carbocycles. The summed E-state index contributed by atoms with van der Waals surface area (Å²) in [6.45, 7) is 4.50. The number of carbonyl (C=O) groups excluding carboxylic acids is 2. The fourth-order valence-corrected chi connectivity index (χ4v) is 4.18. The van der Waals surface area contributed by atoms with Gasteiger partial charge in [0.1, 0.15) is 0 Å². The average molecular weight is 384 g/mol. The van der Waals surface area contributed by atoms with E-state index in [-0.39, 0.29) is 17.9 Å². The Hall–Kier alpha value is -2.38. The second kappa shape index (κ2) is 7.93. The minimum absolute atomic E-state index is 0.0167. The molecular weight excluding hydrogens is 356 g/mol. The van der Waals surface area contributed by atoms with E-state index >= 15 is 0 Å². The summed E-state index contributed by atoms with van der Waals surface area (Å²) in [5.41, 5.74) is 3.44. The zero-order valence-corrected chi connectivity index (χ0v) is 16.4. The lowest BCUT2D eigenvalue weighted by Gasteiger charge is -2.30. The molecule has 0 radical (unpaired) electrons. The van der Waals surface area contributed by atoms with Crippen LogP contribution in [0, 0.1) is 0 Å². The molecule has 1 N–H and O–H groups in total. The number of hydrogen-bond donors (Lipinski definition) is 1. The molecule has 3 aliphatic heterocycles. The van der Waals surface area contributed by atoms with E-state index in [9.17, 15) is 14.7 Å². The molecule has 7 nitrogen and oxygen atoms in total. The van der Waals surface area contributed by atoms with Crippen molar-refractivity contribution in [2.45, 2.75) is 18.9 Å². The van der Waals surface area contributed by atoms with Crippen LogP contribution < -0.4 is 0 Å². The molecule has 3 aliphatic rings. The number of likely N-dealkylation sites (tertiary alicyclic amines) is 1. The molecule has 28 heavy (non-hydrogen) atoms. The van der Waals surface area contributed by atoms with Gasteiger partial charge in [-0.05, 0) is 41.7 Å². The number of aryl methyl sites for hydroxylation is 1. The van der Waals surface area contributed by atoms with Crippen molar-refractivity contribution in [3.8, 4) is 0 Å². The molecule has 0 aromatic carbocycles. The van der Waals surface area contributed by atoms with E-state index in [0.29, 0.717) is 32.7 Å². The molecule has 1 aromatic rings. The number of aliphatic hydroxyl groups is 1. The largest absolute Gasteiger partial charge is 0.393 e. The first-order chi connectivity index (χ1) is 13.5. The molecular formula is C21H28N4O3. The quantitative estimate of drug-likeness (QED) is 0.606. The molecule has 0 atom stereocenters. The maximum atomic E-state index is 12.6. The highest BCUT2D eigenvalue weighted by atomic mass is 16.3. The number of rotatable bonds is 4. The third-order valence-electron chi connectivity index (χ3n) is 5.88. The van der Waals surface area contributed by atoms with Crippen LogP contribution in [0.2, 0.25) is 0 Å². The average Bonchev–Trinajstić information content (AvgIpc) is 3.36. The van der Waals surface area contributed by atoms with Crippen molar-refractivity contribution in [3.05, 3.63) is 41.2 Å². The Kier molecular flexibility index (Phi) is 5.37. The van der Waals surface area contributed by atoms with E-state index in [1.807, 2.05) is 46.0 Å². The van der Waals surface area contributed by atoms with Gasteiger partial charge in [0.25, 0.3) is 0 Å². The highest BCUT2D eigenvalue weighted by molar-refractivity contribution is 5.92. The van der Waals surface area contributed by atoms with E-state index in [4.69, 9.17) is 0 Å². The standard InChI is InChI=1S/C21H28N4O3/c1-22-7-4-16(10-22)2-3-20(27)24-11-17-13-25(14-18(17)12-24)21(28)15-23-8-5-19(26)6-9-23/h2-4,7,10,19,26H,5-6,8-9,11-15H2,1H3/b3-2+. The van der Waals surface area contributed by atoms with Crippen LogP contribution in [-0.2, 0) is 16.6 Å². The van der Waals surface area contributed by atoms with Gasteiger partial charge in [-0.1, -0.05) is 0 Å². The highest BCUT2D eigenvalue weighted by Gasteiger charge is 2.34. The molecule has 150 valence electrons. The van der Waals surface area contributed by atoms with E-state index < -0.39 is 0 Å². The molecule has 1 fully saturated rings. The minimum Gasteiger partial charge on any atom is -0.393 e. The number of amides is 2. The van der Waals surface area contributed by atoms with Crippen LogP contribution in [-0.4, -0.2) is 88.1 Å². The van der Waals surface area contributed by atoms with E-state index in [0.717, 1.165) is 31.5 Å². The van der Waals surface area contributed by atoms with Crippen molar-refractivity contribution in [1.82, 2.24) is 19.3 Å². The Morgan fingerprint density at radius 3 is 2.36 bits per heavy atom. The molecule has 0 bridgehead atoms. The number of nitrogens with zero attached hydrogens (tertiary/aromatic N) is 4.